The van der Waals surface area contributed by atoms with E-state index in [1.807, 2.05) is 6.07 Å². The van der Waals surface area contributed by atoms with Crippen molar-refractivity contribution in [3.63, 3.8) is 0 Å². The highest BCUT2D eigenvalue weighted by Crippen LogP contribution is 2.49. The van der Waals surface area contributed by atoms with E-state index in [4.69, 9.17) is 10.3 Å². The molecule has 1 aromatic rings. The van der Waals surface area contributed by atoms with E-state index in [-0.39, 0.29) is 0 Å². The van der Waals surface area contributed by atoms with Crippen LogP contribution in [0, 0.1) is 17.8 Å². The zero-order valence-electron chi connectivity index (χ0n) is 8.28. The molecule has 0 radical (unpaired) electrons. The van der Waals surface area contributed by atoms with Crippen molar-refractivity contribution < 1.29 is 4.52 Å². The van der Waals surface area contributed by atoms with Gasteiger partial charge in [0.25, 0.3) is 0 Å². The molecule has 2 bridgehead atoms. The van der Waals surface area contributed by atoms with E-state index in [9.17, 15) is 0 Å². The van der Waals surface area contributed by atoms with Gasteiger partial charge >= 0.3 is 0 Å². The van der Waals surface area contributed by atoms with Gasteiger partial charge < -0.3 is 10.3 Å². The number of fused-ring (bicyclic) bond motifs is 2. The van der Waals surface area contributed by atoms with Gasteiger partial charge in [0.1, 0.15) is 0 Å². The lowest BCUT2D eigenvalue weighted by molar-refractivity contribution is 0.322. The summed E-state index contributed by atoms with van der Waals surface area (Å²) in [6, 6.07) is 1.87. The van der Waals surface area contributed by atoms with Crippen LogP contribution in [0.2, 0.25) is 0 Å². The summed E-state index contributed by atoms with van der Waals surface area (Å²) < 4.78 is 4.88. The van der Waals surface area contributed by atoms with Crippen LogP contribution in [0.3, 0.4) is 0 Å². The number of nitrogens with zero attached hydrogens (tertiary/aromatic N) is 1. The fourth-order valence-corrected chi connectivity index (χ4v) is 3.32. The van der Waals surface area contributed by atoms with Gasteiger partial charge in [-0.3, -0.25) is 0 Å². The molecule has 76 valence electrons. The van der Waals surface area contributed by atoms with E-state index in [0.717, 1.165) is 29.9 Å². The van der Waals surface area contributed by atoms with Crippen molar-refractivity contribution in [2.24, 2.45) is 17.8 Å². The van der Waals surface area contributed by atoms with E-state index in [0.29, 0.717) is 5.88 Å². The maximum Gasteiger partial charge on any atom is 0.222 e. The second-order valence-electron chi connectivity index (χ2n) is 4.86. The first-order valence-electron chi connectivity index (χ1n) is 5.52. The van der Waals surface area contributed by atoms with Crippen LogP contribution in [0.15, 0.2) is 10.6 Å². The molecular formula is C11H16N2O. The lowest BCUT2D eigenvalue weighted by atomic mass is 9.85. The zero-order chi connectivity index (χ0) is 9.54. The maximum atomic E-state index is 5.50. The van der Waals surface area contributed by atoms with Gasteiger partial charge in [-0.05, 0) is 43.4 Å². The number of rotatable bonds is 2. The molecule has 0 spiro atoms. The third kappa shape index (κ3) is 1.31. The van der Waals surface area contributed by atoms with Crippen LogP contribution in [0.5, 0.6) is 0 Å². The van der Waals surface area contributed by atoms with Gasteiger partial charge in [0.2, 0.25) is 5.88 Å². The molecule has 3 nitrogen and oxygen atoms in total. The van der Waals surface area contributed by atoms with Crippen molar-refractivity contribution in [2.75, 3.05) is 5.73 Å². The first-order valence-corrected chi connectivity index (χ1v) is 5.52. The molecule has 0 saturated heterocycles. The Morgan fingerprint density at radius 2 is 2.36 bits per heavy atom. The lowest BCUT2D eigenvalue weighted by Crippen LogP contribution is -2.13. The van der Waals surface area contributed by atoms with Crippen LogP contribution >= 0.6 is 0 Å². The molecule has 1 aromatic heterocycles. The number of aromatic nitrogens is 1. The van der Waals surface area contributed by atoms with Gasteiger partial charge in [-0.2, -0.15) is 0 Å². The van der Waals surface area contributed by atoms with Crippen molar-refractivity contribution in [2.45, 2.75) is 32.1 Å². The molecule has 1 heterocycles. The molecule has 0 unspecified atom stereocenters. The number of hydrogen-bond acceptors (Lipinski definition) is 3. The van der Waals surface area contributed by atoms with Gasteiger partial charge in [0, 0.05) is 6.07 Å². The summed E-state index contributed by atoms with van der Waals surface area (Å²) >= 11 is 0. The van der Waals surface area contributed by atoms with Crippen LogP contribution in [0.25, 0.3) is 0 Å². The zero-order valence-corrected chi connectivity index (χ0v) is 8.28. The summed E-state index contributed by atoms with van der Waals surface area (Å²) in [6.45, 7) is 0. The van der Waals surface area contributed by atoms with Gasteiger partial charge in [0.05, 0.1) is 5.69 Å². The summed E-state index contributed by atoms with van der Waals surface area (Å²) in [5.41, 5.74) is 6.54. The minimum Gasteiger partial charge on any atom is -0.368 e. The Hall–Kier alpha value is -0.990. The Balaban J connectivity index is 1.68. The average molecular weight is 192 g/mol. The topological polar surface area (TPSA) is 52.0 Å². The molecule has 0 aliphatic heterocycles. The highest BCUT2D eigenvalue weighted by atomic mass is 16.5. The van der Waals surface area contributed by atoms with Crippen LogP contribution in [-0.2, 0) is 6.42 Å². The molecule has 2 fully saturated rings. The molecule has 3 rings (SSSR count). The van der Waals surface area contributed by atoms with Crippen LogP contribution in [-0.4, -0.2) is 5.16 Å². The molecular weight excluding hydrogens is 176 g/mol. The van der Waals surface area contributed by atoms with E-state index < -0.39 is 0 Å². The van der Waals surface area contributed by atoms with Crippen molar-refractivity contribution in [1.82, 2.24) is 5.16 Å². The fourth-order valence-electron chi connectivity index (χ4n) is 3.32. The average Bonchev–Trinajstić information content (AvgIpc) is 2.82. The monoisotopic (exact) mass is 192 g/mol. The maximum absolute atomic E-state index is 5.50. The Labute approximate surface area is 83.6 Å². The summed E-state index contributed by atoms with van der Waals surface area (Å²) in [6.07, 6.45) is 6.82. The Kier molecular flexibility index (Phi) is 1.79. The van der Waals surface area contributed by atoms with Crippen molar-refractivity contribution in [1.29, 1.82) is 0 Å². The molecule has 3 heteroatoms. The Bertz CT molecular complexity index is 334. The minimum absolute atomic E-state index is 0.447. The standard InChI is InChI=1S/C11H16N2O/c12-11-6-10(13-14-11)5-9-4-7-1-2-8(9)3-7/h6-9H,1-5,12H2/t7-,8-,9+/m0/s1. The Morgan fingerprint density at radius 3 is 2.93 bits per heavy atom. The quantitative estimate of drug-likeness (QED) is 0.781. The first-order chi connectivity index (χ1) is 6.81. The fraction of sp³-hybridized carbons (Fsp3) is 0.727. The van der Waals surface area contributed by atoms with Gasteiger partial charge in [-0.15, -0.1) is 0 Å². The third-order valence-corrected chi connectivity index (χ3v) is 3.93. The van der Waals surface area contributed by atoms with Crippen LogP contribution < -0.4 is 5.73 Å². The molecule has 2 aliphatic carbocycles. The smallest absolute Gasteiger partial charge is 0.222 e. The molecule has 0 amide bonds. The first kappa shape index (κ1) is 8.33. The largest absolute Gasteiger partial charge is 0.368 e. The second-order valence-corrected chi connectivity index (χ2v) is 4.86. The van der Waals surface area contributed by atoms with E-state index in [2.05, 4.69) is 5.16 Å². The molecule has 2 saturated carbocycles. The van der Waals surface area contributed by atoms with E-state index in [1.165, 1.54) is 25.7 Å². The second kappa shape index (κ2) is 3.01. The van der Waals surface area contributed by atoms with Crippen molar-refractivity contribution in [3.8, 4) is 0 Å². The SMILES string of the molecule is Nc1cc(C[C@H]2C[C@H]3CC[C@H]2C3)no1. The Morgan fingerprint density at radius 1 is 1.43 bits per heavy atom. The molecule has 14 heavy (non-hydrogen) atoms. The minimum atomic E-state index is 0.447. The number of hydrogen-bond donors (Lipinski definition) is 1. The van der Waals surface area contributed by atoms with Gasteiger partial charge in [-0.1, -0.05) is 11.6 Å². The van der Waals surface area contributed by atoms with Gasteiger partial charge in [0.15, 0.2) is 0 Å². The number of nitrogens with two attached hydrogens (primary N) is 1. The van der Waals surface area contributed by atoms with Crippen molar-refractivity contribution >= 4 is 5.88 Å². The van der Waals surface area contributed by atoms with Gasteiger partial charge in [-0.25, -0.2) is 0 Å². The van der Waals surface area contributed by atoms with Crippen LogP contribution in [0.4, 0.5) is 5.88 Å². The molecule has 3 atom stereocenters. The van der Waals surface area contributed by atoms with E-state index in [1.54, 1.807) is 0 Å². The summed E-state index contributed by atoms with van der Waals surface area (Å²) in [5, 5.41) is 3.96. The summed E-state index contributed by atoms with van der Waals surface area (Å²) in [5.74, 6) is 3.26. The molecule has 0 aromatic carbocycles. The van der Waals surface area contributed by atoms with Crippen LogP contribution in [0.1, 0.15) is 31.4 Å². The summed E-state index contributed by atoms with van der Waals surface area (Å²) in [4.78, 5) is 0. The number of anilines is 1. The highest BCUT2D eigenvalue weighted by Gasteiger charge is 2.39. The number of nitrogen functional groups attached to an aromatic ring is 1. The lowest BCUT2D eigenvalue weighted by Gasteiger charge is -2.19. The predicted octanol–water partition coefficient (Wildman–Crippen LogP) is 2.24. The van der Waals surface area contributed by atoms with Crippen molar-refractivity contribution in [3.05, 3.63) is 11.8 Å². The van der Waals surface area contributed by atoms with E-state index >= 15 is 0 Å². The summed E-state index contributed by atoms with van der Waals surface area (Å²) in [7, 11) is 0. The molecule has 2 N–H and O–H groups in total. The predicted molar refractivity (Wildman–Crippen MR) is 53.6 cm³/mol. The normalized spacial score (nSPS) is 35.3. The third-order valence-electron chi connectivity index (χ3n) is 3.93. The highest BCUT2D eigenvalue weighted by molar-refractivity contribution is 5.24. The molecule has 2 aliphatic rings.